The number of carbonyl (C=O) groups is 2. The second-order valence-corrected chi connectivity index (χ2v) is 7.02. The van der Waals surface area contributed by atoms with Crippen LogP contribution in [0.15, 0.2) is 42.5 Å². The molecule has 0 saturated carbocycles. The first-order valence-electron chi connectivity index (χ1n) is 9.63. The summed E-state index contributed by atoms with van der Waals surface area (Å²) in [5, 5.41) is 19.2. The van der Waals surface area contributed by atoms with Gasteiger partial charge in [0.1, 0.15) is 0 Å². The molecule has 0 aliphatic carbocycles. The SMILES string of the molecule is CCCCC(CC)Cc1ccc(C(=O)O)c(C(=O)O)c1Cc1ccccc1. The van der Waals surface area contributed by atoms with Crippen molar-refractivity contribution in [3.05, 3.63) is 70.3 Å². The molecule has 0 amide bonds. The molecule has 27 heavy (non-hydrogen) atoms. The predicted molar refractivity (Wildman–Crippen MR) is 107 cm³/mol. The molecular weight excluding hydrogens is 340 g/mol. The Kier molecular flexibility index (Phi) is 7.59. The van der Waals surface area contributed by atoms with Gasteiger partial charge in [-0.1, -0.05) is 75.9 Å². The molecule has 2 aromatic rings. The van der Waals surface area contributed by atoms with Crippen LogP contribution in [0.3, 0.4) is 0 Å². The third-order valence-corrected chi connectivity index (χ3v) is 5.13. The van der Waals surface area contributed by atoms with Crippen LogP contribution >= 0.6 is 0 Å². The average Bonchev–Trinajstić information content (AvgIpc) is 2.66. The van der Waals surface area contributed by atoms with Gasteiger partial charge in [-0.25, -0.2) is 9.59 Å². The number of aromatic carboxylic acids is 2. The summed E-state index contributed by atoms with van der Waals surface area (Å²) in [5.41, 5.74) is 2.34. The lowest BCUT2D eigenvalue weighted by atomic mass is 9.85. The largest absolute Gasteiger partial charge is 0.478 e. The topological polar surface area (TPSA) is 74.6 Å². The van der Waals surface area contributed by atoms with Gasteiger partial charge in [0.05, 0.1) is 11.1 Å². The third-order valence-electron chi connectivity index (χ3n) is 5.13. The molecule has 2 aromatic carbocycles. The van der Waals surface area contributed by atoms with E-state index >= 15 is 0 Å². The molecule has 4 nitrogen and oxygen atoms in total. The molecular formula is C23H28O4. The second kappa shape index (κ2) is 9.91. The van der Waals surface area contributed by atoms with Crippen molar-refractivity contribution in [3.63, 3.8) is 0 Å². The van der Waals surface area contributed by atoms with Crippen molar-refractivity contribution < 1.29 is 19.8 Å². The second-order valence-electron chi connectivity index (χ2n) is 7.02. The van der Waals surface area contributed by atoms with E-state index in [9.17, 15) is 19.8 Å². The first-order chi connectivity index (χ1) is 13.0. The van der Waals surface area contributed by atoms with Crippen LogP contribution in [0.1, 0.15) is 76.9 Å². The van der Waals surface area contributed by atoms with Crippen LogP contribution in [-0.4, -0.2) is 22.2 Å². The molecule has 0 radical (unpaired) electrons. The molecule has 144 valence electrons. The van der Waals surface area contributed by atoms with Gasteiger partial charge in [0.15, 0.2) is 0 Å². The van der Waals surface area contributed by atoms with Crippen molar-refractivity contribution in [2.75, 3.05) is 0 Å². The summed E-state index contributed by atoms with van der Waals surface area (Å²) in [4.78, 5) is 23.6. The van der Waals surface area contributed by atoms with Crippen LogP contribution < -0.4 is 0 Å². The average molecular weight is 368 g/mol. The van der Waals surface area contributed by atoms with Crippen LogP contribution in [0.5, 0.6) is 0 Å². The zero-order chi connectivity index (χ0) is 19.8. The maximum atomic E-state index is 12.0. The van der Waals surface area contributed by atoms with E-state index in [2.05, 4.69) is 13.8 Å². The minimum absolute atomic E-state index is 0.0748. The van der Waals surface area contributed by atoms with Crippen molar-refractivity contribution in [3.8, 4) is 0 Å². The summed E-state index contributed by atoms with van der Waals surface area (Å²) in [6, 6.07) is 12.9. The molecule has 2 N–H and O–H groups in total. The third kappa shape index (κ3) is 5.43. The highest BCUT2D eigenvalue weighted by Crippen LogP contribution is 2.28. The standard InChI is InChI=1S/C23H28O4/c1-3-5-9-16(4-2)14-18-12-13-19(22(24)25)21(23(26)27)20(18)15-17-10-7-6-8-11-17/h6-8,10-13,16H,3-5,9,14-15H2,1-2H3,(H,24,25)(H,26,27). The van der Waals surface area contributed by atoms with Gasteiger partial charge in [-0.2, -0.15) is 0 Å². The Hall–Kier alpha value is -2.62. The lowest BCUT2D eigenvalue weighted by Gasteiger charge is -2.20. The molecule has 4 heteroatoms. The Morgan fingerprint density at radius 2 is 1.67 bits per heavy atom. The van der Waals surface area contributed by atoms with Gasteiger partial charge < -0.3 is 10.2 Å². The summed E-state index contributed by atoms with van der Waals surface area (Å²) in [6.45, 7) is 4.32. The number of carboxylic acid groups (broad SMARTS) is 2. The van der Waals surface area contributed by atoms with Gasteiger partial charge in [-0.15, -0.1) is 0 Å². The molecule has 0 spiro atoms. The maximum absolute atomic E-state index is 12.0. The molecule has 0 fully saturated rings. The fraction of sp³-hybridized carbons (Fsp3) is 0.391. The predicted octanol–water partition coefficient (Wildman–Crippen LogP) is 5.43. The summed E-state index contributed by atoms with van der Waals surface area (Å²) in [6.07, 6.45) is 5.59. The van der Waals surface area contributed by atoms with Gasteiger partial charge in [-0.3, -0.25) is 0 Å². The van der Waals surface area contributed by atoms with Gasteiger partial charge in [0.2, 0.25) is 0 Å². The Bertz CT molecular complexity index is 780. The van der Waals surface area contributed by atoms with E-state index in [-0.39, 0.29) is 11.1 Å². The Labute approximate surface area is 160 Å². The number of unbranched alkanes of at least 4 members (excludes halogenated alkanes) is 1. The van der Waals surface area contributed by atoms with E-state index in [4.69, 9.17) is 0 Å². The Balaban J connectivity index is 2.52. The Morgan fingerprint density at radius 3 is 2.22 bits per heavy atom. The summed E-state index contributed by atoms with van der Waals surface area (Å²) >= 11 is 0. The number of carboxylic acids is 2. The highest BCUT2D eigenvalue weighted by Gasteiger charge is 2.24. The van der Waals surface area contributed by atoms with E-state index < -0.39 is 11.9 Å². The molecule has 0 bridgehead atoms. The number of hydrogen-bond acceptors (Lipinski definition) is 2. The van der Waals surface area contributed by atoms with Gasteiger partial charge in [0, 0.05) is 0 Å². The molecule has 0 aliphatic heterocycles. The van der Waals surface area contributed by atoms with Crippen molar-refractivity contribution in [1.29, 1.82) is 0 Å². The molecule has 1 atom stereocenters. The fourth-order valence-electron chi connectivity index (χ4n) is 3.56. The maximum Gasteiger partial charge on any atom is 0.336 e. The van der Waals surface area contributed by atoms with Gasteiger partial charge in [-0.05, 0) is 41.5 Å². The molecule has 0 saturated heterocycles. The highest BCUT2D eigenvalue weighted by atomic mass is 16.4. The van der Waals surface area contributed by atoms with E-state index in [1.54, 1.807) is 0 Å². The molecule has 0 heterocycles. The van der Waals surface area contributed by atoms with E-state index in [1.807, 2.05) is 36.4 Å². The lowest BCUT2D eigenvalue weighted by molar-refractivity contribution is 0.0650. The van der Waals surface area contributed by atoms with Crippen molar-refractivity contribution in [2.45, 2.75) is 52.4 Å². The van der Waals surface area contributed by atoms with E-state index in [1.165, 1.54) is 6.07 Å². The van der Waals surface area contributed by atoms with E-state index in [0.29, 0.717) is 17.9 Å². The summed E-state index contributed by atoms with van der Waals surface area (Å²) in [5.74, 6) is -1.91. The molecule has 2 rings (SSSR count). The smallest absolute Gasteiger partial charge is 0.336 e. The Morgan fingerprint density at radius 1 is 0.963 bits per heavy atom. The van der Waals surface area contributed by atoms with Crippen molar-refractivity contribution >= 4 is 11.9 Å². The van der Waals surface area contributed by atoms with Crippen LogP contribution in [0, 0.1) is 5.92 Å². The van der Waals surface area contributed by atoms with Crippen LogP contribution in [0.2, 0.25) is 0 Å². The van der Waals surface area contributed by atoms with E-state index in [0.717, 1.165) is 43.2 Å². The van der Waals surface area contributed by atoms with Crippen LogP contribution in [0.25, 0.3) is 0 Å². The first-order valence-corrected chi connectivity index (χ1v) is 9.63. The van der Waals surface area contributed by atoms with Crippen molar-refractivity contribution in [1.82, 2.24) is 0 Å². The van der Waals surface area contributed by atoms with Gasteiger partial charge >= 0.3 is 11.9 Å². The van der Waals surface area contributed by atoms with Crippen LogP contribution in [0.4, 0.5) is 0 Å². The minimum Gasteiger partial charge on any atom is -0.478 e. The monoisotopic (exact) mass is 368 g/mol. The van der Waals surface area contributed by atoms with Crippen LogP contribution in [-0.2, 0) is 12.8 Å². The normalized spacial score (nSPS) is 11.9. The fourth-order valence-corrected chi connectivity index (χ4v) is 3.56. The molecule has 0 aromatic heterocycles. The van der Waals surface area contributed by atoms with Gasteiger partial charge in [0.25, 0.3) is 0 Å². The molecule has 1 unspecified atom stereocenters. The quantitative estimate of drug-likeness (QED) is 0.586. The number of benzene rings is 2. The minimum atomic E-state index is -1.20. The zero-order valence-electron chi connectivity index (χ0n) is 16.1. The zero-order valence-corrected chi connectivity index (χ0v) is 16.1. The lowest BCUT2D eigenvalue weighted by Crippen LogP contribution is -2.16. The van der Waals surface area contributed by atoms with Crippen molar-refractivity contribution in [2.24, 2.45) is 5.92 Å². The number of hydrogen-bond donors (Lipinski definition) is 2. The first kappa shape index (κ1) is 20.7. The molecule has 0 aliphatic rings. The summed E-state index contributed by atoms with van der Waals surface area (Å²) < 4.78 is 0. The summed E-state index contributed by atoms with van der Waals surface area (Å²) in [7, 11) is 0. The number of rotatable bonds is 10. The highest BCUT2D eigenvalue weighted by molar-refractivity contribution is 6.03.